The van der Waals surface area contributed by atoms with Gasteiger partial charge < -0.3 is 48.3 Å². The standard InChI is InChI=1S/C16H26N2O5.C10H20O5.C2H6/c1-3-22-16(21)5-4-6-18(2)7-8-23-15-9-13(11-19)17-14(10-15)12-20;1-12-5-6-14-9-10-15-8-7-13-4-2-3-11;1-2/h9-10,19-20H,3-8,11-12H2,1-2H3;3H,2,4-10H2,1H3;1-2H3. The van der Waals surface area contributed by atoms with Crippen molar-refractivity contribution in [1.29, 1.82) is 0 Å². The summed E-state index contributed by atoms with van der Waals surface area (Å²) in [5.74, 6) is 0.412. The van der Waals surface area contributed by atoms with E-state index in [-0.39, 0.29) is 19.2 Å². The molecule has 2 N–H and O–H groups in total. The van der Waals surface area contributed by atoms with E-state index in [2.05, 4.69) is 9.88 Å². The molecule has 40 heavy (non-hydrogen) atoms. The van der Waals surface area contributed by atoms with E-state index < -0.39 is 0 Å². The number of aldehydes is 1. The molecule has 0 atom stereocenters. The highest BCUT2D eigenvalue weighted by Gasteiger charge is 2.06. The van der Waals surface area contributed by atoms with Crippen LogP contribution in [0.3, 0.4) is 0 Å². The molecule has 1 aromatic rings. The molecule has 0 aliphatic rings. The van der Waals surface area contributed by atoms with Crippen molar-refractivity contribution in [2.45, 2.75) is 53.2 Å². The Balaban J connectivity index is 0. The summed E-state index contributed by atoms with van der Waals surface area (Å²) >= 11 is 0. The molecule has 12 heteroatoms. The minimum absolute atomic E-state index is 0.165. The first-order valence-corrected chi connectivity index (χ1v) is 13.8. The van der Waals surface area contributed by atoms with Crippen molar-refractivity contribution in [2.75, 3.05) is 86.7 Å². The maximum absolute atomic E-state index is 11.2. The highest BCUT2D eigenvalue weighted by molar-refractivity contribution is 5.69. The summed E-state index contributed by atoms with van der Waals surface area (Å²) in [6.07, 6.45) is 2.45. The maximum Gasteiger partial charge on any atom is 0.305 e. The molecule has 0 saturated carbocycles. The number of carbonyl (C=O) groups excluding carboxylic acids is 2. The fourth-order valence-electron chi connectivity index (χ4n) is 2.84. The number of ether oxygens (including phenoxy) is 6. The maximum atomic E-state index is 11.2. The van der Waals surface area contributed by atoms with Crippen molar-refractivity contribution >= 4 is 12.3 Å². The number of hydrogen-bond donors (Lipinski definition) is 2. The Bertz CT molecular complexity index is 687. The van der Waals surface area contributed by atoms with E-state index in [4.69, 9.17) is 38.6 Å². The lowest BCUT2D eigenvalue weighted by Crippen LogP contribution is -2.26. The van der Waals surface area contributed by atoms with Crippen LogP contribution in [0.1, 0.15) is 51.4 Å². The number of aromatic nitrogens is 1. The summed E-state index contributed by atoms with van der Waals surface area (Å²) < 4.78 is 30.8. The topological polar surface area (TPSA) is 146 Å². The predicted molar refractivity (Wildman–Crippen MR) is 151 cm³/mol. The van der Waals surface area contributed by atoms with Crippen molar-refractivity contribution in [1.82, 2.24) is 9.88 Å². The number of methoxy groups -OCH3 is 1. The smallest absolute Gasteiger partial charge is 0.305 e. The van der Waals surface area contributed by atoms with Crippen LogP contribution in [0.5, 0.6) is 5.75 Å². The Kier molecular flexibility index (Phi) is 31.3. The fraction of sp³-hybridized carbons (Fsp3) is 0.750. The lowest BCUT2D eigenvalue weighted by atomic mass is 10.3. The molecule has 0 radical (unpaired) electrons. The molecule has 0 aliphatic carbocycles. The van der Waals surface area contributed by atoms with Crippen LogP contribution in [0.15, 0.2) is 12.1 Å². The normalized spacial score (nSPS) is 10.3. The van der Waals surface area contributed by atoms with Gasteiger partial charge in [0.1, 0.15) is 18.6 Å². The van der Waals surface area contributed by atoms with Gasteiger partial charge >= 0.3 is 5.97 Å². The van der Waals surface area contributed by atoms with Crippen LogP contribution in [-0.2, 0) is 46.5 Å². The first kappa shape index (κ1) is 40.0. The van der Waals surface area contributed by atoms with Gasteiger partial charge in [0.2, 0.25) is 0 Å². The number of likely N-dealkylation sites (N-methyl/N-ethyl adjacent to an activating group) is 1. The first-order valence-electron chi connectivity index (χ1n) is 13.8. The van der Waals surface area contributed by atoms with Crippen molar-refractivity contribution in [3.63, 3.8) is 0 Å². The third kappa shape index (κ3) is 26.1. The Morgan fingerprint density at radius 3 is 1.95 bits per heavy atom. The molecule has 1 rings (SSSR count). The zero-order valence-corrected chi connectivity index (χ0v) is 25.1. The third-order valence-electron chi connectivity index (χ3n) is 4.75. The zero-order chi connectivity index (χ0) is 30.3. The number of nitrogens with zero attached hydrogens (tertiary/aromatic N) is 2. The number of carbonyl (C=O) groups is 2. The summed E-state index contributed by atoms with van der Waals surface area (Å²) in [6, 6.07) is 3.31. The summed E-state index contributed by atoms with van der Waals surface area (Å²) in [6.45, 7) is 11.6. The number of aliphatic hydroxyl groups excluding tert-OH is 2. The molecule has 12 nitrogen and oxygen atoms in total. The Hall–Kier alpha value is -2.19. The summed E-state index contributed by atoms with van der Waals surface area (Å²) in [5.41, 5.74) is 0.934. The van der Waals surface area contributed by atoms with Gasteiger partial charge in [-0.05, 0) is 26.9 Å². The molecular formula is C28H52N2O10. The van der Waals surface area contributed by atoms with Gasteiger partial charge in [0.05, 0.1) is 77.5 Å². The number of hydrogen-bond acceptors (Lipinski definition) is 12. The monoisotopic (exact) mass is 576 g/mol. The molecule has 0 aromatic carbocycles. The predicted octanol–water partition coefficient (Wildman–Crippen LogP) is 2.02. The number of esters is 1. The van der Waals surface area contributed by atoms with Gasteiger partial charge in [0.25, 0.3) is 0 Å². The average molecular weight is 577 g/mol. The highest BCUT2D eigenvalue weighted by Crippen LogP contribution is 2.14. The third-order valence-corrected chi connectivity index (χ3v) is 4.75. The molecule has 1 aromatic heterocycles. The van der Waals surface area contributed by atoms with Crippen LogP contribution in [0.2, 0.25) is 0 Å². The Morgan fingerprint density at radius 2 is 1.45 bits per heavy atom. The van der Waals surface area contributed by atoms with Gasteiger partial charge in [-0.3, -0.25) is 9.78 Å². The Labute approximate surface area is 239 Å². The fourth-order valence-corrected chi connectivity index (χ4v) is 2.84. The lowest BCUT2D eigenvalue weighted by Gasteiger charge is -2.17. The minimum Gasteiger partial charge on any atom is -0.492 e. The molecule has 1 heterocycles. The summed E-state index contributed by atoms with van der Waals surface area (Å²) in [4.78, 5) is 27.3. The quantitative estimate of drug-likeness (QED) is 0.112. The molecule has 0 amide bonds. The average Bonchev–Trinajstić information content (AvgIpc) is 2.97. The molecule has 0 spiro atoms. The number of aliphatic hydroxyl groups is 2. The first-order chi connectivity index (χ1) is 19.5. The largest absolute Gasteiger partial charge is 0.492 e. The molecule has 0 unspecified atom stereocenters. The van der Waals surface area contributed by atoms with Gasteiger partial charge in [0, 0.05) is 38.6 Å². The highest BCUT2D eigenvalue weighted by atomic mass is 16.6. The van der Waals surface area contributed by atoms with Gasteiger partial charge in [0.15, 0.2) is 0 Å². The summed E-state index contributed by atoms with van der Waals surface area (Å²) in [5, 5.41) is 18.3. The van der Waals surface area contributed by atoms with Crippen molar-refractivity contribution in [3.8, 4) is 5.75 Å². The minimum atomic E-state index is -0.196. The van der Waals surface area contributed by atoms with Gasteiger partial charge in [-0.1, -0.05) is 13.8 Å². The Morgan fingerprint density at radius 1 is 0.900 bits per heavy atom. The molecule has 0 saturated heterocycles. The number of pyridine rings is 1. The van der Waals surface area contributed by atoms with E-state index in [0.717, 1.165) is 19.3 Å². The number of rotatable bonds is 23. The van der Waals surface area contributed by atoms with Gasteiger partial charge in [-0.25, -0.2) is 0 Å². The summed E-state index contributed by atoms with van der Waals surface area (Å²) in [7, 11) is 3.59. The van der Waals surface area contributed by atoms with E-state index in [1.54, 1.807) is 26.2 Å². The van der Waals surface area contributed by atoms with Crippen LogP contribution < -0.4 is 4.74 Å². The molecule has 0 aliphatic heterocycles. The van der Waals surface area contributed by atoms with Crippen molar-refractivity contribution in [3.05, 3.63) is 23.5 Å². The van der Waals surface area contributed by atoms with Crippen LogP contribution in [0, 0.1) is 0 Å². The second kappa shape index (κ2) is 31.3. The SMILES string of the molecule is CC.CCOC(=O)CCCN(C)CCOc1cc(CO)nc(CO)c1.COCCOCCOCCOCCC=O. The van der Waals surface area contributed by atoms with Crippen LogP contribution in [-0.4, -0.2) is 119 Å². The second-order valence-electron chi connectivity index (χ2n) is 7.95. The van der Waals surface area contributed by atoms with E-state index in [1.807, 2.05) is 20.9 Å². The van der Waals surface area contributed by atoms with Gasteiger partial charge in [-0.2, -0.15) is 0 Å². The van der Waals surface area contributed by atoms with Crippen LogP contribution in [0.4, 0.5) is 0 Å². The zero-order valence-electron chi connectivity index (χ0n) is 25.1. The second-order valence-corrected chi connectivity index (χ2v) is 7.95. The molecule has 0 bridgehead atoms. The molecular weight excluding hydrogens is 524 g/mol. The lowest BCUT2D eigenvalue weighted by molar-refractivity contribution is -0.143. The van der Waals surface area contributed by atoms with E-state index in [0.29, 0.717) is 96.0 Å². The van der Waals surface area contributed by atoms with Crippen molar-refractivity contribution < 1.29 is 48.2 Å². The van der Waals surface area contributed by atoms with Gasteiger partial charge in [-0.15, -0.1) is 0 Å². The van der Waals surface area contributed by atoms with E-state index >= 15 is 0 Å². The van der Waals surface area contributed by atoms with Crippen molar-refractivity contribution in [2.24, 2.45) is 0 Å². The molecule has 234 valence electrons. The van der Waals surface area contributed by atoms with Crippen LogP contribution >= 0.6 is 0 Å². The molecule has 0 fully saturated rings. The van der Waals surface area contributed by atoms with Crippen LogP contribution in [0.25, 0.3) is 0 Å². The van der Waals surface area contributed by atoms with E-state index in [9.17, 15) is 9.59 Å². The van der Waals surface area contributed by atoms with E-state index in [1.165, 1.54) is 0 Å².